The molecular formula is C18H18N2O. The number of anilines is 2. The molecule has 2 aromatic rings. The molecule has 0 radical (unpaired) electrons. The summed E-state index contributed by atoms with van der Waals surface area (Å²) in [5, 5.41) is 3.66. The molecule has 0 bridgehead atoms. The molecular weight excluding hydrogens is 260 g/mol. The van der Waals surface area contributed by atoms with Gasteiger partial charge in [-0.15, -0.1) is 0 Å². The highest BCUT2D eigenvalue weighted by molar-refractivity contribution is 6.12. The molecule has 1 fully saturated rings. The Morgan fingerprint density at radius 2 is 1.57 bits per heavy atom. The Kier molecular flexibility index (Phi) is 2.74. The number of nitrogens with one attached hydrogen (secondary N) is 1. The highest BCUT2D eigenvalue weighted by Crippen LogP contribution is 2.43. The van der Waals surface area contributed by atoms with Crippen LogP contribution in [-0.4, -0.2) is 11.6 Å². The van der Waals surface area contributed by atoms with E-state index < -0.39 is 0 Å². The minimum Gasteiger partial charge on any atom is -0.362 e. The summed E-state index contributed by atoms with van der Waals surface area (Å²) in [4.78, 5) is 15.0. The summed E-state index contributed by atoms with van der Waals surface area (Å²) < 4.78 is 0. The number of para-hydroxylation sites is 2. The van der Waals surface area contributed by atoms with E-state index in [2.05, 4.69) is 5.32 Å². The Balaban J connectivity index is 1.88. The third kappa shape index (κ3) is 1.84. The molecule has 1 spiro atoms. The van der Waals surface area contributed by atoms with Gasteiger partial charge < -0.3 is 5.32 Å². The van der Waals surface area contributed by atoms with E-state index >= 15 is 0 Å². The number of carbonyl (C=O) groups is 1. The van der Waals surface area contributed by atoms with Crippen molar-refractivity contribution in [2.24, 2.45) is 0 Å². The normalized spacial score (nSPS) is 19.4. The van der Waals surface area contributed by atoms with Crippen molar-refractivity contribution in [3.63, 3.8) is 0 Å². The summed E-state index contributed by atoms with van der Waals surface area (Å²) in [6, 6.07) is 17.8. The number of amides is 1. The quantitative estimate of drug-likeness (QED) is 0.854. The number of hydrogen-bond donors (Lipinski definition) is 1. The fraction of sp³-hybridized carbons (Fsp3) is 0.278. The predicted octanol–water partition coefficient (Wildman–Crippen LogP) is 4.03. The maximum atomic E-state index is 13.1. The average molecular weight is 278 g/mol. The van der Waals surface area contributed by atoms with Crippen molar-refractivity contribution in [3.8, 4) is 0 Å². The lowest BCUT2D eigenvalue weighted by Crippen LogP contribution is -2.58. The second-order valence-electron chi connectivity index (χ2n) is 5.89. The SMILES string of the molecule is O=C1c2ccccc2NC2(CCCC2)N1c1ccccc1. The van der Waals surface area contributed by atoms with Gasteiger partial charge in [-0.25, -0.2) is 0 Å². The predicted molar refractivity (Wildman–Crippen MR) is 84.5 cm³/mol. The van der Waals surface area contributed by atoms with Gasteiger partial charge in [0.2, 0.25) is 0 Å². The van der Waals surface area contributed by atoms with Gasteiger partial charge in [-0.3, -0.25) is 9.69 Å². The van der Waals surface area contributed by atoms with E-state index in [0.717, 1.165) is 42.6 Å². The number of nitrogens with zero attached hydrogens (tertiary/aromatic N) is 1. The standard InChI is InChI=1S/C18H18N2O/c21-17-15-10-4-5-11-16(15)19-18(12-6-7-13-18)20(17)14-8-2-1-3-9-14/h1-5,8-11,19H,6-7,12-13H2. The molecule has 3 heteroatoms. The summed E-state index contributed by atoms with van der Waals surface area (Å²) in [5.41, 5.74) is 2.45. The molecule has 2 aromatic carbocycles. The van der Waals surface area contributed by atoms with Crippen molar-refractivity contribution in [1.82, 2.24) is 0 Å². The second-order valence-corrected chi connectivity index (χ2v) is 5.89. The lowest BCUT2D eigenvalue weighted by atomic mass is 9.96. The van der Waals surface area contributed by atoms with Crippen LogP contribution in [-0.2, 0) is 0 Å². The Labute approximate surface area is 124 Å². The van der Waals surface area contributed by atoms with Crippen molar-refractivity contribution in [3.05, 3.63) is 60.2 Å². The molecule has 1 saturated carbocycles. The van der Waals surface area contributed by atoms with Crippen LogP contribution in [0.4, 0.5) is 11.4 Å². The summed E-state index contributed by atoms with van der Waals surface area (Å²) in [6.45, 7) is 0. The van der Waals surface area contributed by atoms with Crippen LogP contribution in [0.5, 0.6) is 0 Å². The minimum atomic E-state index is -0.257. The van der Waals surface area contributed by atoms with Gasteiger partial charge in [-0.1, -0.05) is 30.3 Å². The zero-order chi connectivity index (χ0) is 14.3. The van der Waals surface area contributed by atoms with E-state index in [1.54, 1.807) is 0 Å². The number of carbonyl (C=O) groups excluding carboxylic acids is 1. The van der Waals surface area contributed by atoms with Crippen molar-refractivity contribution in [2.45, 2.75) is 31.3 Å². The maximum Gasteiger partial charge on any atom is 0.262 e. The van der Waals surface area contributed by atoms with E-state index in [1.165, 1.54) is 0 Å². The fourth-order valence-electron chi connectivity index (χ4n) is 3.65. The van der Waals surface area contributed by atoms with Gasteiger partial charge in [-0.05, 0) is 49.9 Å². The van der Waals surface area contributed by atoms with Crippen LogP contribution in [0.2, 0.25) is 0 Å². The lowest BCUT2D eigenvalue weighted by Gasteiger charge is -2.46. The third-order valence-electron chi connectivity index (χ3n) is 4.60. The van der Waals surface area contributed by atoms with Gasteiger partial charge in [0, 0.05) is 11.4 Å². The summed E-state index contributed by atoms with van der Waals surface area (Å²) in [5.74, 6) is 0.109. The largest absolute Gasteiger partial charge is 0.362 e. The highest BCUT2D eigenvalue weighted by Gasteiger charge is 2.46. The molecule has 0 atom stereocenters. The van der Waals surface area contributed by atoms with Crippen molar-refractivity contribution >= 4 is 17.3 Å². The smallest absolute Gasteiger partial charge is 0.262 e. The van der Waals surface area contributed by atoms with Crippen molar-refractivity contribution in [1.29, 1.82) is 0 Å². The first-order chi connectivity index (χ1) is 10.3. The Morgan fingerprint density at radius 1 is 0.905 bits per heavy atom. The molecule has 3 nitrogen and oxygen atoms in total. The summed E-state index contributed by atoms with van der Waals surface area (Å²) in [6.07, 6.45) is 4.32. The molecule has 1 aliphatic carbocycles. The van der Waals surface area contributed by atoms with E-state index in [1.807, 2.05) is 59.5 Å². The maximum absolute atomic E-state index is 13.1. The van der Waals surface area contributed by atoms with Crippen LogP contribution in [0, 0.1) is 0 Å². The molecule has 0 saturated heterocycles. The Bertz CT molecular complexity index is 675. The van der Waals surface area contributed by atoms with E-state index in [9.17, 15) is 4.79 Å². The monoisotopic (exact) mass is 278 g/mol. The van der Waals surface area contributed by atoms with E-state index in [4.69, 9.17) is 0 Å². The molecule has 1 heterocycles. The van der Waals surface area contributed by atoms with Gasteiger partial charge >= 0.3 is 0 Å². The van der Waals surface area contributed by atoms with E-state index in [-0.39, 0.29) is 11.6 Å². The zero-order valence-electron chi connectivity index (χ0n) is 11.9. The summed E-state index contributed by atoms with van der Waals surface area (Å²) in [7, 11) is 0. The van der Waals surface area contributed by atoms with Gasteiger partial charge in [-0.2, -0.15) is 0 Å². The zero-order valence-corrected chi connectivity index (χ0v) is 11.9. The number of hydrogen-bond acceptors (Lipinski definition) is 2. The number of fused-ring (bicyclic) bond motifs is 1. The van der Waals surface area contributed by atoms with Crippen LogP contribution >= 0.6 is 0 Å². The molecule has 0 unspecified atom stereocenters. The Morgan fingerprint density at radius 3 is 2.33 bits per heavy atom. The molecule has 1 aliphatic heterocycles. The molecule has 0 aromatic heterocycles. The number of benzene rings is 2. The highest BCUT2D eigenvalue weighted by atomic mass is 16.2. The van der Waals surface area contributed by atoms with Crippen LogP contribution in [0.1, 0.15) is 36.0 Å². The molecule has 1 N–H and O–H groups in total. The first-order valence-corrected chi connectivity index (χ1v) is 7.57. The minimum absolute atomic E-state index is 0.109. The van der Waals surface area contributed by atoms with Crippen LogP contribution < -0.4 is 10.2 Å². The van der Waals surface area contributed by atoms with Gasteiger partial charge in [0.1, 0.15) is 5.66 Å². The Hall–Kier alpha value is -2.29. The molecule has 4 rings (SSSR count). The van der Waals surface area contributed by atoms with Crippen molar-refractivity contribution < 1.29 is 4.79 Å². The topological polar surface area (TPSA) is 32.3 Å². The molecule has 2 aliphatic rings. The van der Waals surface area contributed by atoms with Gasteiger partial charge in [0.15, 0.2) is 0 Å². The first-order valence-electron chi connectivity index (χ1n) is 7.57. The molecule has 1 amide bonds. The third-order valence-corrected chi connectivity index (χ3v) is 4.60. The lowest BCUT2D eigenvalue weighted by molar-refractivity contribution is 0.0954. The van der Waals surface area contributed by atoms with E-state index in [0.29, 0.717) is 0 Å². The first kappa shape index (κ1) is 12.5. The second kappa shape index (κ2) is 4.62. The number of rotatable bonds is 1. The van der Waals surface area contributed by atoms with Crippen LogP contribution in [0.15, 0.2) is 54.6 Å². The molecule has 106 valence electrons. The van der Waals surface area contributed by atoms with Crippen LogP contribution in [0.3, 0.4) is 0 Å². The average Bonchev–Trinajstić information content (AvgIpc) is 2.97. The molecule has 21 heavy (non-hydrogen) atoms. The van der Waals surface area contributed by atoms with Gasteiger partial charge in [0.25, 0.3) is 5.91 Å². The van der Waals surface area contributed by atoms with Crippen LogP contribution in [0.25, 0.3) is 0 Å². The summed E-state index contributed by atoms with van der Waals surface area (Å²) >= 11 is 0. The van der Waals surface area contributed by atoms with Gasteiger partial charge in [0.05, 0.1) is 5.56 Å². The fourth-order valence-corrected chi connectivity index (χ4v) is 3.65. The van der Waals surface area contributed by atoms with Crippen molar-refractivity contribution in [2.75, 3.05) is 10.2 Å².